The van der Waals surface area contributed by atoms with Gasteiger partial charge in [-0.15, -0.1) is 0 Å². The topological polar surface area (TPSA) is 20.2 Å². The standard InChI is InChI=1S/C11H14O/c1-2-9-10-6-4-3-5-8(10)7-11(9)12/h3-6,9,11-12H,2,7H2,1H3/t9-,11+/m1/s1. The summed E-state index contributed by atoms with van der Waals surface area (Å²) in [7, 11) is 0. The van der Waals surface area contributed by atoms with Gasteiger partial charge in [0.25, 0.3) is 0 Å². The Morgan fingerprint density at radius 3 is 2.92 bits per heavy atom. The average Bonchev–Trinajstić information content (AvgIpc) is 2.40. The second kappa shape index (κ2) is 2.91. The van der Waals surface area contributed by atoms with Gasteiger partial charge in [0.1, 0.15) is 0 Å². The zero-order valence-corrected chi connectivity index (χ0v) is 7.33. The Labute approximate surface area is 73.0 Å². The predicted octanol–water partition coefficient (Wildman–Crippen LogP) is 2.10. The molecule has 0 saturated heterocycles. The zero-order valence-electron chi connectivity index (χ0n) is 7.33. The molecule has 12 heavy (non-hydrogen) atoms. The van der Waals surface area contributed by atoms with Crippen LogP contribution in [0.4, 0.5) is 0 Å². The summed E-state index contributed by atoms with van der Waals surface area (Å²) in [5.41, 5.74) is 2.68. The lowest BCUT2D eigenvalue weighted by molar-refractivity contribution is 0.154. The first-order chi connectivity index (χ1) is 5.83. The van der Waals surface area contributed by atoms with E-state index in [0.29, 0.717) is 5.92 Å². The van der Waals surface area contributed by atoms with Crippen LogP contribution in [0.1, 0.15) is 30.4 Å². The van der Waals surface area contributed by atoms with Gasteiger partial charge >= 0.3 is 0 Å². The van der Waals surface area contributed by atoms with Gasteiger partial charge in [0.05, 0.1) is 6.10 Å². The fourth-order valence-corrected chi connectivity index (χ4v) is 2.15. The van der Waals surface area contributed by atoms with Crippen molar-refractivity contribution in [2.75, 3.05) is 0 Å². The van der Waals surface area contributed by atoms with E-state index in [1.807, 2.05) is 6.07 Å². The molecule has 0 spiro atoms. The molecule has 1 nitrogen and oxygen atoms in total. The molecule has 0 bridgehead atoms. The molecule has 0 aliphatic heterocycles. The van der Waals surface area contributed by atoms with E-state index < -0.39 is 0 Å². The van der Waals surface area contributed by atoms with E-state index >= 15 is 0 Å². The maximum Gasteiger partial charge on any atom is 0.0649 e. The highest BCUT2D eigenvalue weighted by Gasteiger charge is 2.28. The van der Waals surface area contributed by atoms with Gasteiger partial charge < -0.3 is 5.11 Å². The first-order valence-electron chi connectivity index (χ1n) is 4.58. The van der Waals surface area contributed by atoms with Crippen LogP contribution >= 0.6 is 0 Å². The Morgan fingerprint density at radius 1 is 1.42 bits per heavy atom. The predicted molar refractivity (Wildman–Crippen MR) is 49.2 cm³/mol. The Hall–Kier alpha value is -0.820. The molecule has 1 aromatic carbocycles. The molecular weight excluding hydrogens is 148 g/mol. The lowest BCUT2D eigenvalue weighted by atomic mass is 9.97. The summed E-state index contributed by atoms with van der Waals surface area (Å²) >= 11 is 0. The van der Waals surface area contributed by atoms with Gasteiger partial charge in [-0.3, -0.25) is 0 Å². The molecule has 1 N–H and O–H groups in total. The molecule has 1 heteroatoms. The fraction of sp³-hybridized carbons (Fsp3) is 0.455. The van der Waals surface area contributed by atoms with Gasteiger partial charge in [-0.05, 0) is 24.0 Å². The maximum atomic E-state index is 9.71. The fourth-order valence-electron chi connectivity index (χ4n) is 2.15. The van der Waals surface area contributed by atoms with Gasteiger partial charge in [0.15, 0.2) is 0 Å². The third-order valence-electron chi connectivity index (χ3n) is 2.79. The van der Waals surface area contributed by atoms with Crippen molar-refractivity contribution in [3.05, 3.63) is 35.4 Å². The van der Waals surface area contributed by atoms with Crippen molar-refractivity contribution < 1.29 is 5.11 Å². The van der Waals surface area contributed by atoms with E-state index in [1.54, 1.807) is 0 Å². The summed E-state index contributed by atoms with van der Waals surface area (Å²) in [4.78, 5) is 0. The second-order valence-corrected chi connectivity index (χ2v) is 3.49. The SMILES string of the molecule is CC[C@@H]1c2ccccc2C[C@@H]1O. The molecule has 1 aliphatic carbocycles. The van der Waals surface area contributed by atoms with E-state index in [0.717, 1.165) is 12.8 Å². The quantitative estimate of drug-likeness (QED) is 0.670. The van der Waals surface area contributed by atoms with Gasteiger partial charge in [0, 0.05) is 5.92 Å². The highest BCUT2D eigenvalue weighted by atomic mass is 16.3. The highest BCUT2D eigenvalue weighted by molar-refractivity contribution is 5.36. The molecule has 0 heterocycles. The maximum absolute atomic E-state index is 9.71. The largest absolute Gasteiger partial charge is 0.392 e. The number of hydrogen-bond acceptors (Lipinski definition) is 1. The molecule has 0 fully saturated rings. The first kappa shape index (κ1) is 7.81. The lowest BCUT2D eigenvalue weighted by Crippen LogP contribution is -2.11. The smallest absolute Gasteiger partial charge is 0.0649 e. The van der Waals surface area contributed by atoms with E-state index in [1.165, 1.54) is 11.1 Å². The third kappa shape index (κ3) is 1.05. The number of aliphatic hydroxyl groups is 1. The minimum atomic E-state index is -0.146. The van der Waals surface area contributed by atoms with Gasteiger partial charge in [-0.25, -0.2) is 0 Å². The van der Waals surface area contributed by atoms with Crippen LogP contribution in [0.5, 0.6) is 0 Å². The van der Waals surface area contributed by atoms with Crippen molar-refractivity contribution in [3.63, 3.8) is 0 Å². The summed E-state index contributed by atoms with van der Waals surface area (Å²) < 4.78 is 0. The molecule has 2 atom stereocenters. The molecule has 0 saturated carbocycles. The van der Waals surface area contributed by atoms with Crippen LogP contribution in [0.15, 0.2) is 24.3 Å². The Bertz CT molecular complexity index is 280. The molecule has 0 amide bonds. The minimum absolute atomic E-state index is 0.146. The third-order valence-corrected chi connectivity index (χ3v) is 2.79. The second-order valence-electron chi connectivity index (χ2n) is 3.49. The molecule has 2 rings (SSSR count). The van der Waals surface area contributed by atoms with Crippen molar-refractivity contribution >= 4 is 0 Å². The zero-order chi connectivity index (χ0) is 8.55. The number of benzene rings is 1. The number of hydrogen-bond donors (Lipinski definition) is 1. The van der Waals surface area contributed by atoms with Crippen LogP contribution < -0.4 is 0 Å². The van der Waals surface area contributed by atoms with E-state index in [2.05, 4.69) is 25.1 Å². The van der Waals surface area contributed by atoms with E-state index in [-0.39, 0.29) is 6.10 Å². The Kier molecular flexibility index (Phi) is 1.89. The van der Waals surface area contributed by atoms with Crippen LogP contribution in [-0.2, 0) is 6.42 Å². The normalized spacial score (nSPS) is 27.2. The summed E-state index contributed by atoms with van der Waals surface area (Å²) in [6.07, 6.45) is 1.74. The molecule has 0 unspecified atom stereocenters. The Balaban J connectivity index is 2.40. The van der Waals surface area contributed by atoms with Gasteiger partial charge in [0.2, 0.25) is 0 Å². The summed E-state index contributed by atoms with van der Waals surface area (Å²) in [6.45, 7) is 2.13. The first-order valence-corrected chi connectivity index (χ1v) is 4.58. The lowest BCUT2D eigenvalue weighted by Gasteiger charge is -2.12. The monoisotopic (exact) mass is 162 g/mol. The van der Waals surface area contributed by atoms with Gasteiger partial charge in [-0.2, -0.15) is 0 Å². The van der Waals surface area contributed by atoms with E-state index in [4.69, 9.17) is 0 Å². The van der Waals surface area contributed by atoms with Crippen molar-refractivity contribution in [1.29, 1.82) is 0 Å². The van der Waals surface area contributed by atoms with Crippen molar-refractivity contribution in [1.82, 2.24) is 0 Å². The molecule has 1 aliphatic rings. The van der Waals surface area contributed by atoms with Crippen LogP contribution in [-0.4, -0.2) is 11.2 Å². The van der Waals surface area contributed by atoms with E-state index in [9.17, 15) is 5.11 Å². The molecule has 1 aromatic rings. The molecule has 64 valence electrons. The highest BCUT2D eigenvalue weighted by Crippen LogP contribution is 2.34. The van der Waals surface area contributed by atoms with Crippen LogP contribution in [0.25, 0.3) is 0 Å². The van der Waals surface area contributed by atoms with Gasteiger partial charge in [-0.1, -0.05) is 31.2 Å². The van der Waals surface area contributed by atoms with Crippen molar-refractivity contribution in [2.45, 2.75) is 31.8 Å². The number of rotatable bonds is 1. The summed E-state index contributed by atoms with van der Waals surface area (Å²) in [6, 6.07) is 8.36. The van der Waals surface area contributed by atoms with Crippen LogP contribution in [0.2, 0.25) is 0 Å². The molecule has 0 radical (unpaired) electrons. The number of fused-ring (bicyclic) bond motifs is 1. The van der Waals surface area contributed by atoms with Crippen molar-refractivity contribution in [2.24, 2.45) is 0 Å². The average molecular weight is 162 g/mol. The van der Waals surface area contributed by atoms with Crippen LogP contribution in [0, 0.1) is 0 Å². The summed E-state index contributed by atoms with van der Waals surface area (Å²) in [5.74, 6) is 0.376. The van der Waals surface area contributed by atoms with Crippen LogP contribution in [0.3, 0.4) is 0 Å². The minimum Gasteiger partial charge on any atom is -0.392 e. The Morgan fingerprint density at radius 2 is 2.17 bits per heavy atom. The number of aliphatic hydroxyl groups excluding tert-OH is 1. The summed E-state index contributed by atoms with van der Waals surface area (Å²) in [5, 5.41) is 9.71. The molecular formula is C11H14O. The molecule has 0 aromatic heterocycles. The van der Waals surface area contributed by atoms with Crippen molar-refractivity contribution in [3.8, 4) is 0 Å².